The van der Waals surface area contributed by atoms with Crippen molar-refractivity contribution in [1.29, 1.82) is 0 Å². The van der Waals surface area contributed by atoms with Gasteiger partial charge in [0.2, 0.25) is 11.1 Å². The molecule has 2 heterocycles. The Kier molecular flexibility index (Phi) is 6.20. The highest BCUT2D eigenvalue weighted by Crippen LogP contribution is 2.36. The van der Waals surface area contributed by atoms with Crippen molar-refractivity contribution in [3.63, 3.8) is 0 Å². The van der Waals surface area contributed by atoms with Crippen molar-refractivity contribution in [2.45, 2.75) is 11.7 Å². The zero-order chi connectivity index (χ0) is 19.2. The van der Waals surface area contributed by atoms with Crippen LogP contribution in [0.25, 0.3) is 0 Å². The van der Waals surface area contributed by atoms with E-state index in [0.717, 1.165) is 0 Å². The number of thioether (sulfide) groups is 1. The van der Waals surface area contributed by atoms with Gasteiger partial charge in [0, 0.05) is 6.07 Å². The summed E-state index contributed by atoms with van der Waals surface area (Å²) in [5, 5.41) is 15.1. The van der Waals surface area contributed by atoms with Crippen molar-refractivity contribution >= 4 is 35.0 Å². The van der Waals surface area contributed by atoms with Crippen LogP contribution in [-0.2, 0) is 11.3 Å². The lowest BCUT2D eigenvalue weighted by Crippen LogP contribution is -2.15. The molecular formula is C16H16ClN5O4S. The molecule has 0 aliphatic rings. The minimum absolute atomic E-state index is 0.103. The smallest absolute Gasteiger partial charge is 0.234 e. The highest BCUT2D eigenvalue weighted by atomic mass is 35.5. The molecule has 0 unspecified atom stereocenters. The van der Waals surface area contributed by atoms with Crippen molar-refractivity contribution in [3.05, 3.63) is 41.3 Å². The lowest BCUT2D eigenvalue weighted by molar-refractivity contribution is -0.113. The van der Waals surface area contributed by atoms with Crippen LogP contribution in [0.15, 0.2) is 40.1 Å². The van der Waals surface area contributed by atoms with Crippen molar-refractivity contribution in [3.8, 4) is 11.5 Å². The van der Waals surface area contributed by atoms with Gasteiger partial charge in [0.1, 0.15) is 23.8 Å². The van der Waals surface area contributed by atoms with Gasteiger partial charge in [-0.05, 0) is 28.6 Å². The molecule has 0 aliphatic heterocycles. The molecule has 0 saturated heterocycles. The molecule has 0 bridgehead atoms. The topological polar surface area (TPSA) is 104 Å². The average molecular weight is 410 g/mol. The van der Waals surface area contributed by atoms with Crippen molar-refractivity contribution < 1.29 is 18.7 Å². The fraction of sp³-hybridized carbons (Fsp3) is 0.250. The Labute approximate surface area is 164 Å². The number of methoxy groups -OCH3 is 2. The first-order chi connectivity index (χ1) is 13.1. The number of amides is 1. The van der Waals surface area contributed by atoms with E-state index < -0.39 is 0 Å². The maximum Gasteiger partial charge on any atom is 0.234 e. The first-order valence-corrected chi connectivity index (χ1v) is 9.09. The van der Waals surface area contributed by atoms with Crippen LogP contribution < -0.4 is 14.8 Å². The number of anilines is 1. The molecule has 3 rings (SSSR count). The van der Waals surface area contributed by atoms with Gasteiger partial charge in [0.15, 0.2) is 0 Å². The van der Waals surface area contributed by atoms with Gasteiger partial charge in [-0.2, -0.15) is 0 Å². The Balaban J connectivity index is 1.62. The molecule has 0 fully saturated rings. The van der Waals surface area contributed by atoms with E-state index in [9.17, 15) is 4.79 Å². The third-order valence-electron chi connectivity index (χ3n) is 3.47. The fourth-order valence-electron chi connectivity index (χ4n) is 2.22. The average Bonchev–Trinajstić information content (AvgIpc) is 3.33. The van der Waals surface area contributed by atoms with Crippen LogP contribution in [0.1, 0.15) is 5.76 Å². The zero-order valence-electron chi connectivity index (χ0n) is 14.5. The molecule has 1 amide bonds. The number of hydrogen-bond donors (Lipinski definition) is 1. The molecule has 27 heavy (non-hydrogen) atoms. The van der Waals surface area contributed by atoms with Crippen LogP contribution in [0.4, 0.5) is 5.69 Å². The van der Waals surface area contributed by atoms with E-state index in [-0.39, 0.29) is 11.7 Å². The van der Waals surface area contributed by atoms with Crippen LogP contribution in [0.5, 0.6) is 11.5 Å². The second-order valence-electron chi connectivity index (χ2n) is 5.22. The maximum absolute atomic E-state index is 12.3. The number of nitrogens with one attached hydrogen (secondary N) is 1. The number of benzene rings is 1. The summed E-state index contributed by atoms with van der Waals surface area (Å²) in [6.45, 7) is 0.381. The quantitative estimate of drug-likeness (QED) is 0.566. The highest BCUT2D eigenvalue weighted by molar-refractivity contribution is 7.99. The van der Waals surface area contributed by atoms with Crippen LogP contribution in [0.3, 0.4) is 0 Å². The summed E-state index contributed by atoms with van der Waals surface area (Å²) in [6.07, 6.45) is 1.58. The van der Waals surface area contributed by atoms with E-state index in [1.165, 1.54) is 26.0 Å². The predicted octanol–water partition coefficient (Wildman–Crippen LogP) is 2.72. The van der Waals surface area contributed by atoms with Crippen molar-refractivity contribution in [1.82, 2.24) is 20.2 Å². The minimum atomic E-state index is -0.257. The number of tetrazole rings is 1. The molecule has 0 aliphatic carbocycles. The third-order valence-corrected chi connectivity index (χ3v) is 4.72. The summed E-state index contributed by atoms with van der Waals surface area (Å²) in [5.41, 5.74) is 0.448. The van der Waals surface area contributed by atoms with E-state index in [4.69, 9.17) is 25.5 Å². The van der Waals surface area contributed by atoms with Gasteiger partial charge in [0.25, 0.3) is 0 Å². The number of halogens is 1. The molecule has 0 radical (unpaired) electrons. The fourth-order valence-corrected chi connectivity index (χ4v) is 3.14. The number of nitrogens with zero attached hydrogens (tertiary/aromatic N) is 4. The molecule has 1 aromatic carbocycles. The number of carbonyl (C=O) groups excluding carboxylic acids is 1. The first kappa shape index (κ1) is 19.1. The highest BCUT2D eigenvalue weighted by Gasteiger charge is 2.15. The Morgan fingerprint density at radius 1 is 1.33 bits per heavy atom. The Bertz CT molecular complexity index is 916. The van der Waals surface area contributed by atoms with Crippen LogP contribution in [0.2, 0.25) is 5.02 Å². The molecule has 0 saturated carbocycles. The number of aromatic nitrogens is 4. The third kappa shape index (κ3) is 4.72. The van der Waals surface area contributed by atoms with E-state index in [1.807, 2.05) is 6.07 Å². The van der Waals surface area contributed by atoms with E-state index in [2.05, 4.69) is 20.8 Å². The van der Waals surface area contributed by atoms with Gasteiger partial charge < -0.3 is 19.2 Å². The van der Waals surface area contributed by atoms with E-state index >= 15 is 0 Å². The van der Waals surface area contributed by atoms with Gasteiger partial charge in [-0.15, -0.1) is 5.10 Å². The summed E-state index contributed by atoms with van der Waals surface area (Å²) < 4.78 is 17.2. The Morgan fingerprint density at radius 2 is 2.15 bits per heavy atom. The van der Waals surface area contributed by atoms with E-state index in [1.54, 1.807) is 29.1 Å². The number of furan rings is 1. The number of hydrogen-bond acceptors (Lipinski definition) is 8. The van der Waals surface area contributed by atoms with Crippen molar-refractivity contribution in [2.24, 2.45) is 0 Å². The Morgan fingerprint density at radius 3 is 2.85 bits per heavy atom. The number of rotatable bonds is 8. The van der Waals surface area contributed by atoms with Gasteiger partial charge in [-0.1, -0.05) is 23.4 Å². The lowest BCUT2D eigenvalue weighted by Gasteiger charge is -2.13. The second-order valence-corrected chi connectivity index (χ2v) is 6.57. The number of ether oxygens (including phenoxy) is 2. The van der Waals surface area contributed by atoms with Gasteiger partial charge >= 0.3 is 0 Å². The SMILES string of the molecule is COc1cc(OC)c(NC(=O)CSc2nnnn2Cc2ccco2)cc1Cl. The van der Waals surface area contributed by atoms with E-state index in [0.29, 0.717) is 39.7 Å². The molecule has 11 heteroatoms. The van der Waals surface area contributed by atoms with Crippen LogP contribution >= 0.6 is 23.4 Å². The van der Waals surface area contributed by atoms with Crippen LogP contribution in [0, 0.1) is 0 Å². The Hall–Kier alpha value is -2.72. The summed E-state index contributed by atoms with van der Waals surface area (Å²) in [7, 11) is 3.00. The summed E-state index contributed by atoms with van der Waals surface area (Å²) in [6, 6.07) is 6.79. The molecule has 1 N–H and O–H groups in total. The minimum Gasteiger partial charge on any atom is -0.495 e. The first-order valence-electron chi connectivity index (χ1n) is 7.73. The molecular weight excluding hydrogens is 394 g/mol. The molecule has 9 nitrogen and oxygen atoms in total. The molecule has 0 atom stereocenters. The summed E-state index contributed by atoms with van der Waals surface area (Å²) in [5.74, 6) is 1.46. The van der Waals surface area contributed by atoms with Gasteiger partial charge in [-0.25, -0.2) is 4.68 Å². The second kappa shape index (κ2) is 8.78. The zero-order valence-corrected chi connectivity index (χ0v) is 16.1. The maximum atomic E-state index is 12.3. The number of carbonyl (C=O) groups is 1. The molecule has 2 aromatic heterocycles. The normalized spacial score (nSPS) is 10.6. The van der Waals surface area contributed by atoms with Crippen molar-refractivity contribution in [2.75, 3.05) is 25.3 Å². The molecule has 3 aromatic rings. The van der Waals surface area contributed by atoms with Gasteiger partial charge in [0.05, 0.1) is 36.9 Å². The molecule has 0 spiro atoms. The van der Waals surface area contributed by atoms with Gasteiger partial charge in [-0.3, -0.25) is 4.79 Å². The monoisotopic (exact) mass is 409 g/mol. The molecule has 142 valence electrons. The predicted molar refractivity (Wildman–Crippen MR) is 99.5 cm³/mol. The van der Waals surface area contributed by atoms with Crippen LogP contribution in [-0.4, -0.2) is 46.1 Å². The summed E-state index contributed by atoms with van der Waals surface area (Å²) >= 11 is 7.32. The largest absolute Gasteiger partial charge is 0.495 e. The lowest BCUT2D eigenvalue weighted by atomic mass is 10.2. The standard InChI is InChI=1S/C16H16ClN5O4S/c1-24-13-7-14(25-2)12(6-11(13)17)18-15(23)9-27-16-19-20-21-22(16)8-10-4-3-5-26-10/h3-7H,8-9H2,1-2H3,(H,18,23). The summed E-state index contributed by atoms with van der Waals surface area (Å²) in [4.78, 5) is 12.3.